The lowest BCUT2D eigenvalue weighted by Gasteiger charge is -2.41. The summed E-state index contributed by atoms with van der Waals surface area (Å²) in [4.78, 5) is 6.59. The molecule has 0 bridgehead atoms. The summed E-state index contributed by atoms with van der Waals surface area (Å²) in [5.74, 6) is 0. The molecule has 2 heterocycles. The molecule has 0 radical (unpaired) electrons. The van der Waals surface area contributed by atoms with Crippen molar-refractivity contribution < 1.29 is 5.11 Å². The molecule has 1 aliphatic heterocycles. The molecular formula is C13H20N2O. The van der Waals surface area contributed by atoms with Gasteiger partial charge < -0.3 is 5.11 Å². The Hall–Kier alpha value is -0.930. The number of aliphatic hydroxyl groups is 1. The highest BCUT2D eigenvalue weighted by Crippen LogP contribution is 2.30. The van der Waals surface area contributed by atoms with E-state index in [1.807, 2.05) is 24.4 Å². The third kappa shape index (κ3) is 2.60. The molecule has 1 aromatic heterocycles. The van der Waals surface area contributed by atoms with Crippen molar-refractivity contribution in [3.63, 3.8) is 0 Å². The van der Waals surface area contributed by atoms with E-state index in [1.54, 1.807) is 0 Å². The molecule has 0 saturated carbocycles. The Morgan fingerprint density at radius 1 is 1.50 bits per heavy atom. The van der Waals surface area contributed by atoms with Crippen molar-refractivity contribution in [3.05, 3.63) is 30.1 Å². The molecule has 1 aliphatic rings. The first-order chi connectivity index (χ1) is 7.58. The number of aromatic nitrogens is 1. The van der Waals surface area contributed by atoms with E-state index >= 15 is 0 Å². The lowest BCUT2D eigenvalue weighted by Crippen LogP contribution is -2.47. The van der Waals surface area contributed by atoms with Crippen molar-refractivity contribution in [1.29, 1.82) is 0 Å². The van der Waals surface area contributed by atoms with Crippen LogP contribution in [0.2, 0.25) is 0 Å². The molecule has 1 saturated heterocycles. The van der Waals surface area contributed by atoms with Gasteiger partial charge in [0.25, 0.3) is 0 Å². The van der Waals surface area contributed by atoms with Crippen LogP contribution in [0.4, 0.5) is 0 Å². The number of piperidine rings is 1. The van der Waals surface area contributed by atoms with Crippen LogP contribution in [0, 0.1) is 5.41 Å². The number of nitrogens with zero attached hydrogens (tertiary/aromatic N) is 2. The number of hydrogen-bond acceptors (Lipinski definition) is 3. The molecule has 0 amide bonds. The molecule has 1 fully saturated rings. The zero-order chi connectivity index (χ0) is 11.6. The molecule has 1 unspecified atom stereocenters. The van der Waals surface area contributed by atoms with Crippen LogP contribution < -0.4 is 0 Å². The van der Waals surface area contributed by atoms with Crippen LogP contribution >= 0.6 is 0 Å². The minimum atomic E-state index is -0.232. The van der Waals surface area contributed by atoms with Crippen molar-refractivity contribution in [2.24, 2.45) is 5.41 Å². The fraction of sp³-hybridized carbons (Fsp3) is 0.615. The van der Waals surface area contributed by atoms with Gasteiger partial charge in [-0.05, 0) is 30.5 Å². The number of hydrogen-bond donors (Lipinski definition) is 1. The maximum absolute atomic E-state index is 10.0. The van der Waals surface area contributed by atoms with E-state index in [0.29, 0.717) is 0 Å². The standard InChI is InChI=1S/C13H20N2O/c1-13(2)6-8-15(10-12(13)16)9-11-5-3-4-7-14-11/h3-5,7,12,16H,6,8-10H2,1-2H3. The Kier molecular flexibility index (Phi) is 3.26. The van der Waals surface area contributed by atoms with Crippen LogP contribution in [0.1, 0.15) is 26.0 Å². The normalized spacial score (nSPS) is 25.6. The SMILES string of the molecule is CC1(C)CCN(Cc2ccccn2)CC1O. The molecule has 3 nitrogen and oxygen atoms in total. The predicted molar refractivity (Wildman–Crippen MR) is 63.9 cm³/mol. The van der Waals surface area contributed by atoms with Crippen LogP contribution in [0.3, 0.4) is 0 Å². The summed E-state index contributed by atoms with van der Waals surface area (Å²) in [6.07, 6.45) is 2.63. The van der Waals surface area contributed by atoms with E-state index in [-0.39, 0.29) is 11.5 Å². The topological polar surface area (TPSA) is 36.4 Å². The molecule has 0 aliphatic carbocycles. The second-order valence-electron chi connectivity index (χ2n) is 5.31. The monoisotopic (exact) mass is 220 g/mol. The molecule has 0 spiro atoms. The first-order valence-electron chi connectivity index (χ1n) is 5.88. The van der Waals surface area contributed by atoms with Crippen molar-refractivity contribution in [3.8, 4) is 0 Å². The van der Waals surface area contributed by atoms with Crippen LogP contribution in [0.15, 0.2) is 24.4 Å². The summed E-state index contributed by atoms with van der Waals surface area (Å²) in [6.45, 7) is 6.91. The van der Waals surface area contributed by atoms with Gasteiger partial charge in [-0.25, -0.2) is 0 Å². The second kappa shape index (κ2) is 4.52. The highest BCUT2D eigenvalue weighted by atomic mass is 16.3. The summed E-state index contributed by atoms with van der Waals surface area (Å²) in [5.41, 5.74) is 1.13. The lowest BCUT2D eigenvalue weighted by atomic mass is 9.80. The van der Waals surface area contributed by atoms with Gasteiger partial charge in [-0.3, -0.25) is 9.88 Å². The minimum absolute atomic E-state index is 0.0562. The van der Waals surface area contributed by atoms with Crippen LogP contribution in [0.5, 0.6) is 0 Å². The van der Waals surface area contributed by atoms with Crippen LogP contribution in [0.25, 0.3) is 0 Å². The predicted octanol–water partition coefficient (Wildman–Crippen LogP) is 1.67. The quantitative estimate of drug-likeness (QED) is 0.823. The minimum Gasteiger partial charge on any atom is -0.391 e. The van der Waals surface area contributed by atoms with Gasteiger partial charge in [-0.1, -0.05) is 19.9 Å². The number of likely N-dealkylation sites (tertiary alicyclic amines) is 1. The van der Waals surface area contributed by atoms with Crippen molar-refractivity contribution >= 4 is 0 Å². The summed E-state index contributed by atoms with van der Waals surface area (Å²) in [5, 5.41) is 10.0. The molecule has 3 heteroatoms. The van der Waals surface area contributed by atoms with Crippen LogP contribution in [-0.4, -0.2) is 34.2 Å². The Labute approximate surface area is 97.1 Å². The smallest absolute Gasteiger partial charge is 0.0718 e. The molecule has 88 valence electrons. The average Bonchev–Trinajstić information content (AvgIpc) is 2.26. The average molecular weight is 220 g/mol. The highest BCUT2D eigenvalue weighted by Gasteiger charge is 2.33. The molecule has 1 N–H and O–H groups in total. The van der Waals surface area contributed by atoms with E-state index < -0.39 is 0 Å². The zero-order valence-corrected chi connectivity index (χ0v) is 10.1. The third-order valence-electron chi connectivity index (χ3n) is 3.52. The molecule has 1 atom stereocenters. The Balaban J connectivity index is 1.94. The first-order valence-corrected chi connectivity index (χ1v) is 5.88. The van der Waals surface area contributed by atoms with E-state index in [2.05, 4.69) is 23.7 Å². The van der Waals surface area contributed by atoms with E-state index in [0.717, 1.165) is 31.7 Å². The van der Waals surface area contributed by atoms with Gasteiger partial charge in [-0.15, -0.1) is 0 Å². The van der Waals surface area contributed by atoms with Gasteiger partial charge in [0.05, 0.1) is 11.8 Å². The molecule has 0 aromatic carbocycles. The summed E-state index contributed by atoms with van der Waals surface area (Å²) in [7, 11) is 0. The van der Waals surface area contributed by atoms with Gasteiger partial charge in [0.2, 0.25) is 0 Å². The largest absolute Gasteiger partial charge is 0.391 e. The van der Waals surface area contributed by atoms with Crippen LogP contribution in [-0.2, 0) is 6.54 Å². The van der Waals surface area contributed by atoms with E-state index in [9.17, 15) is 5.11 Å². The Morgan fingerprint density at radius 2 is 2.31 bits per heavy atom. The molecular weight excluding hydrogens is 200 g/mol. The van der Waals surface area contributed by atoms with Gasteiger partial charge >= 0.3 is 0 Å². The van der Waals surface area contributed by atoms with E-state index in [1.165, 1.54) is 0 Å². The fourth-order valence-electron chi connectivity index (χ4n) is 2.06. The van der Waals surface area contributed by atoms with Gasteiger partial charge in [-0.2, -0.15) is 0 Å². The van der Waals surface area contributed by atoms with Crippen molar-refractivity contribution in [2.75, 3.05) is 13.1 Å². The number of aliphatic hydroxyl groups excluding tert-OH is 1. The first kappa shape index (κ1) is 11.6. The summed E-state index contributed by atoms with van der Waals surface area (Å²) >= 11 is 0. The van der Waals surface area contributed by atoms with Crippen molar-refractivity contribution in [2.45, 2.75) is 32.9 Å². The molecule has 1 aromatic rings. The fourth-order valence-corrected chi connectivity index (χ4v) is 2.06. The summed E-state index contributed by atoms with van der Waals surface area (Å²) in [6, 6.07) is 5.97. The van der Waals surface area contributed by atoms with Crippen molar-refractivity contribution in [1.82, 2.24) is 9.88 Å². The molecule has 2 rings (SSSR count). The Bertz CT molecular complexity index is 337. The van der Waals surface area contributed by atoms with Gasteiger partial charge in [0.15, 0.2) is 0 Å². The molecule has 16 heavy (non-hydrogen) atoms. The highest BCUT2D eigenvalue weighted by molar-refractivity contribution is 5.03. The number of pyridine rings is 1. The zero-order valence-electron chi connectivity index (χ0n) is 10.1. The second-order valence-corrected chi connectivity index (χ2v) is 5.31. The maximum Gasteiger partial charge on any atom is 0.0718 e. The third-order valence-corrected chi connectivity index (χ3v) is 3.52. The van der Waals surface area contributed by atoms with Gasteiger partial charge in [0.1, 0.15) is 0 Å². The Morgan fingerprint density at radius 3 is 2.94 bits per heavy atom. The number of β-amino-alcohol motifs (C(OH)–C–C–N with tert-alkyl or cyclic N) is 1. The lowest BCUT2D eigenvalue weighted by molar-refractivity contribution is -0.0281. The number of rotatable bonds is 2. The van der Waals surface area contributed by atoms with E-state index in [4.69, 9.17) is 0 Å². The maximum atomic E-state index is 10.0. The van der Waals surface area contributed by atoms with Gasteiger partial charge in [0, 0.05) is 19.3 Å². The summed E-state index contributed by atoms with van der Waals surface area (Å²) < 4.78 is 0.